The fourth-order valence-electron chi connectivity index (χ4n) is 7.10. The van der Waals surface area contributed by atoms with Crippen molar-refractivity contribution in [2.24, 2.45) is 11.8 Å². The van der Waals surface area contributed by atoms with Gasteiger partial charge < -0.3 is 15.4 Å². The second-order valence-electron chi connectivity index (χ2n) is 13.7. The van der Waals surface area contributed by atoms with Crippen LogP contribution in [0.1, 0.15) is 62.5 Å². The van der Waals surface area contributed by atoms with Crippen molar-refractivity contribution >= 4 is 23.0 Å². The van der Waals surface area contributed by atoms with E-state index < -0.39 is 0 Å². The van der Waals surface area contributed by atoms with E-state index in [-0.39, 0.29) is 27.9 Å². The summed E-state index contributed by atoms with van der Waals surface area (Å²) < 4.78 is 6.55. The number of likely N-dealkylation sites (tertiary alicyclic amines) is 1. The highest BCUT2D eigenvalue weighted by Gasteiger charge is 2.52. The summed E-state index contributed by atoms with van der Waals surface area (Å²) in [5, 5.41) is 6.45. The molecule has 2 aliphatic rings. The van der Waals surface area contributed by atoms with Gasteiger partial charge in [0.15, 0.2) is 0 Å². The zero-order chi connectivity index (χ0) is 32.1. The molecule has 0 bridgehead atoms. The fraction of sp³-hybridized carbons (Fsp3) is 0.432. The first kappa shape index (κ1) is 31.8. The average Bonchev–Trinajstić information content (AvgIpc) is 3.08. The largest absolute Gasteiger partial charge is 0.523 e. The van der Waals surface area contributed by atoms with Gasteiger partial charge >= 0.3 is 6.09 Å². The summed E-state index contributed by atoms with van der Waals surface area (Å²) in [4.78, 5) is 41.4. The molecule has 2 aromatic carbocycles. The maximum Gasteiger partial charge on any atom is 0.523 e. The number of pyridine rings is 1. The van der Waals surface area contributed by atoms with Crippen LogP contribution in [0.15, 0.2) is 72.9 Å². The number of nitrogens with one attached hydrogen (secondary N) is 2. The maximum absolute atomic E-state index is 14.3. The Kier molecular flexibility index (Phi) is 9.42. The predicted molar refractivity (Wildman–Crippen MR) is 179 cm³/mol. The van der Waals surface area contributed by atoms with Crippen LogP contribution in [-0.2, 0) is 6.42 Å². The molecule has 4 heterocycles. The van der Waals surface area contributed by atoms with Gasteiger partial charge in [-0.3, -0.25) is 9.78 Å². The van der Waals surface area contributed by atoms with E-state index in [1.54, 1.807) is 24.4 Å². The Hall–Kier alpha value is -4.21. The molecule has 0 unspecified atom stereocenters. The van der Waals surface area contributed by atoms with Gasteiger partial charge in [-0.25, -0.2) is 14.5 Å². The molecular weight excluding hydrogens is 576 g/mol. The lowest BCUT2D eigenvalue weighted by molar-refractivity contribution is -0.908. The van der Waals surface area contributed by atoms with Crippen molar-refractivity contribution in [1.82, 2.24) is 25.6 Å². The van der Waals surface area contributed by atoms with E-state index in [1.165, 1.54) is 12.8 Å². The lowest BCUT2D eigenvalue weighted by Gasteiger charge is -2.49. The molecular formula is C37H45N6O3+. The number of fused-ring (bicyclic) bond motifs is 1. The van der Waals surface area contributed by atoms with Crippen molar-refractivity contribution in [1.29, 1.82) is 0 Å². The smallest absolute Gasteiger partial charge is 0.359 e. The summed E-state index contributed by atoms with van der Waals surface area (Å²) in [6.07, 6.45) is 6.55. The van der Waals surface area contributed by atoms with Gasteiger partial charge in [-0.15, -0.1) is 0 Å². The van der Waals surface area contributed by atoms with E-state index in [0.717, 1.165) is 56.2 Å². The van der Waals surface area contributed by atoms with Crippen molar-refractivity contribution in [3.8, 4) is 17.1 Å². The monoisotopic (exact) mass is 621 g/mol. The molecule has 2 aromatic heterocycles. The Bertz CT molecular complexity index is 1660. The molecule has 2 saturated heterocycles. The number of rotatable bonds is 7. The van der Waals surface area contributed by atoms with Gasteiger partial charge in [-0.1, -0.05) is 36.4 Å². The number of benzene rings is 2. The minimum absolute atomic E-state index is 0.193. The third-order valence-electron chi connectivity index (χ3n) is 9.97. The van der Waals surface area contributed by atoms with Crippen LogP contribution in [0.5, 0.6) is 5.88 Å². The van der Waals surface area contributed by atoms with E-state index in [9.17, 15) is 9.59 Å². The molecule has 2 aliphatic heterocycles. The van der Waals surface area contributed by atoms with Crippen LogP contribution in [0.4, 0.5) is 4.79 Å². The van der Waals surface area contributed by atoms with Gasteiger partial charge in [0.25, 0.3) is 11.8 Å². The van der Waals surface area contributed by atoms with E-state index >= 15 is 0 Å². The van der Waals surface area contributed by atoms with E-state index in [0.29, 0.717) is 41.2 Å². The Morgan fingerprint density at radius 1 is 0.891 bits per heavy atom. The van der Waals surface area contributed by atoms with E-state index in [2.05, 4.69) is 36.4 Å². The third-order valence-corrected chi connectivity index (χ3v) is 9.97. The van der Waals surface area contributed by atoms with Gasteiger partial charge in [-0.05, 0) is 88.9 Å². The van der Waals surface area contributed by atoms with Crippen LogP contribution < -0.4 is 15.4 Å². The van der Waals surface area contributed by atoms with E-state index in [4.69, 9.17) is 14.7 Å². The molecule has 0 radical (unpaired) electrons. The first-order valence-electron chi connectivity index (χ1n) is 16.6. The first-order chi connectivity index (χ1) is 22.2. The van der Waals surface area contributed by atoms with Gasteiger partial charge in [0.05, 0.1) is 24.1 Å². The van der Waals surface area contributed by atoms with Crippen LogP contribution in [-0.4, -0.2) is 69.7 Å². The molecule has 9 heteroatoms. The predicted octanol–water partition coefficient (Wildman–Crippen LogP) is 6.19. The average molecular weight is 622 g/mol. The highest BCUT2D eigenvalue weighted by molar-refractivity contribution is 5.97. The number of carbonyl (C=O) groups is 2. The summed E-state index contributed by atoms with van der Waals surface area (Å²) in [6.45, 7) is 10.5. The Morgan fingerprint density at radius 3 is 2.30 bits per heavy atom. The number of hydrogen-bond donors (Lipinski definition) is 2. The Balaban J connectivity index is 1.25. The number of hydrogen-bond acceptors (Lipinski definition) is 7. The van der Waals surface area contributed by atoms with Crippen molar-refractivity contribution in [2.75, 3.05) is 32.7 Å². The number of quaternary nitrogens is 1. The standard InChI is InChI=1S/C37H44N6O3/c1-37(2,3)43(23-17-27(18-24-43)26-14-20-38-21-15-26)36(45)46-35-33(28-9-5-4-6-10-28)41-32-25-29(12-13-31(32)42-35)34(44)40-22-16-30-11-7-8-19-39-30/h4-13,19,25-27,38H,14-18,20-24H2,1-3H3/p+1. The third kappa shape index (κ3) is 6.81. The van der Waals surface area contributed by atoms with Gasteiger partial charge in [-0.2, -0.15) is 4.79 Å². The summed E-state index contributed by atoms with van der Waals surface area (Å²) in [6, 6.07) is 20.6. The van der Waals surface area contributed by atoms with Crippen LogP contribution in [0.2, 0.25) is 0 Å². The molecule has 240 valence electrons. The van der Waals surface area contributed by atoms with Crippen molar-refractivity contribution in [3.63, 3.8) is 0 Å². The van der Waals surface area contributed by atoms with E-state index in [1.807, 2.05) is 48.5 Å². The van der Waals surface area contributed by atoms with Crippen molar-refractivity contribution in [2.45, 2.75) is 58.4 Å². The molecule has 0 spiro atoms. The fourth-order valence-corrected chi connectivity index (χ4v) is 7.10. The summed E-state index contributed by atoms with van der Waals surface area (Å²) in [5.74, 6) is 1.37. The first-order valence-corrected chi connectivity index (χ1v) is 16.6. The second-order valence-corrected chi connectivity index (χ2v) is 13.7. The van der Waals surface area contributed by atoms with Crippen molar-refractivity contribution < 1.29 is 18.8 Å². The van der Waals surface area contributed by atoms with Gasteiger partial charge in [0.2, 0.25) is 0 Å². The quantitative estimate of drug-likeness (QED) is 0.237. The minimum Gasteiger partial charge on any atom is -0.359 e. The zero-order valence-corrected chi connectivity index (χ0v) is 27.2. The molecule has 2 amide bonds. The molecule has 4 aromatic rings. The number of amides is 2. The van der Waals surface area contributed by atoms with Crippen molar-refractivity contribution in [3.05, 3.63) is 84.2 Å². The Morgan fingerprint density at radius 2 is 1.61 bits per heavy atom. The number of nitrogens with zero attached hydrogens (tertiary/aromatic N) is 4. The highest BCUT2D eigenvalue weighted by Crippen LogP contribution is 2.39. The Labute approximate surface area is 271 Å². The number of piperidine rings is 2. The lowest BCUT2D eigenvalue weighted by Crippen LogP contribution is -2.67. The highest BCUT2D eigenvalue weighted by atomic mass is 16.6. The SMILES string of the molecule is CC(C)(C)[N+]1(C(=O)Oc2nc3ccc(C(=O)NCCc4ccccn4)cc3nc2-c2ccccc2)CCC(C2CCNCC2)CC1. The summed E-state index contributed by atoms with van der Waals surface area (Å²) in [7, 11) is 0. The molecule has 6 rings (SSSR count). The maximum atomic E-state index is 14.3. The molecule has 46 heavy (non-hydrogen) atoms. The molecule has 2 N–H and O–H groups in total. The number of ether oxygens (including phenoxy) is 1. The summed E-state index contributed by atoms with van der Waals surface area (Å²) in [5.41, 5.74) is 3.44. The molecule has 0 saturated carbocycles. The van der Waals surface area contributed by atoms with Gasteiger partial charge in [0, 0.05) is 48.8 Å². The van der Waals surface area contributed by atoms with Crippen LogP contribution in [0.25, 0.3) is 22.3 Å². The molecule has 9 nitrogen and oxygen atoms in total. The van der Waals surface area contributed by atoms with Gasteiger partial charge in [0.1, 0.15) is 11.2 Å². The summed E-state index contributed by atoms with van der Waals surface area (Å²) >= 11 is 0. The molecule has 0 aliphatic carbocycles. The second kappa shape index (κ2) is 13.6. The topological polar surface area (TPSA) is 106 Å². The van der Waals surface area contributed by atoms with Crippen LogP contribution in [0.3, 0.4) is 0 Å². The minimum atomic E-state index is -0.341. The van der Waals surface area contributed by atoms with Crippen LogP contribution in [0, 0.1) is 11.8 Å². The lowest BCUT2D eigenvalue weighted by atomic mass is 9.77. The number of aromatic nitrogens is 3. The molecule has 0 atom stereocenters. The molecule has 2 fully saturated rings. The van der Waals surface area contributed by atoms with Crippen LogP contribution >= 0.6 is 0 Å². The zero-order valence-electron chi connectivity index (χ0n) is 27.2. The number of carbonyl (C=O) groups excluding carboxylic acids is 2. The normalized spacial score (nSPS) is 20.7.